The van der Waals surface area contributed by atoms with Gasteiger partial charge in [0.05, 0.1) is 4.48 Å². The van der Waals surface area contributed by atoms with Crippen LogP contribution >= 0.6 is 15.9 Å². The molecule has 2 aliphatic heterocycles. The first-order valence-electron chi connectivity index (χ1n) is 5.64. The van der Waals surface area contributed by atoms with Gasteiger partial charge in [-0.2, -0.15) is 0 Å². The third-order valence-corrected chi connectivity index (χ3v) is 3.81. The molecule has 112 valence electrons. The number of aliphatic hydroxyl groups is 2. The molecule has 0 saturated carbocycles. The summed E-state index contributed by atoms with van der Waals surface area (Å²) in [5.74, 6) is -3.48. The number of alkyl halides is 2. The lowest BCUT2D eigenvalue weighted by molar-refractivity contribution is -0.210. The SMILES string of the molecule is C=C1NC(=O)C(Br)=CN1[C@@H]1O[C@](F)(CO)[C@@H](O)[C@@]1(C)F. The van der Waals surface area contributed by atoms with Crippen molar-refractivity contribution in [1.82, 2.24) is 10.2 Å². The molecule has 6 nitrogen and oxygen atoms in total. The minimum absolute atomic E-state index is 0.0403. The van der Waals surface area contributed by atoms with Crippen molar-refractivity contribution in [2.24, 2.45) is 0 Å². The summed E-state index contributed by atoms with van der Waals surface area (Å²) >= 11 is 2.95. The Balaban J connectivity index is 2.38. The fraction of sp³-hybridized carbons (Fsp3) is 0.545. The zero-order chi connectivity index (χ0) is 15.3. The Morgan fingerprint density at radius 1 is 1.65 bits per heavy atom. The molecule has 0 radical (unpaired) electrons. The normalized spacial score (nSPS) is 41.7. The van der Waals surface area contributed by atoms with Gasteiger partial charge in [-0.1, -0.05) is 6.58 Å². The third kappa shape index (κ3) is 2.14. The van der Waals surface area contributed by atoms with Crippen LogP contribution in [0.15, 0.2) is 23.1 Å². The summed E-state index contributed by atoms with van der Waals surface area (Å²) in [4.78, 5) is 12.4. The fourth-order valence-electron chi connectivity index (χ4n) is 2.10. The predicted molar refractivity (Wildman–Crippen MR) is 67.4 cm³/mol. The second kappa shape index (κ2) is 4.76. The molecule has 1 fully saturated rings. The smallest absolute Gasteiger partial charge is 0.265 e. The van der Waals surface area contributed by atoms with E-state index < -0.39 is 36.4 Å². The molecule has 2 aliphatic rings. The van der Waals surface area contributed by atoms with Crippen molar-refractivity contribution < 1.29 is 28.5 Å². The van der Waals surface area contributed by atoms with Gasteiger partial charge in [-0.25, -0.2) is 8.78 Å². The van der Waals surface area contributed by atoms with E-state index in [0.717, 1.165) is 11.8 Å². The van der Waals surface area contributed by atoms with Crippen molar-refractivity contribution in [3.63, 3.8) is 0 Å². The summed E-state index contributed by atoms with van der Waals surface area (Å²) in [5.41, 5.74) is -2.54. The number of rotatable bonds is 2. The Morgan fingerprint density at radius 3 is 2.75 bits per heavy atom. The highest BCUT2D eigenvalue weighted by molar-refractivity contribution is 9.12. The number of carbonyl (C=O) groups excluding carboxylic acids is 1. The standard InChI is InChI=1S/C11H13BrF2N2O4/c1-5-15-7(18)6(12)3-16(5)9-10(2,13)8(19)11(14,4-17)20-9/h3,8-9,17,19H,1,4H2,2H3,(H,15,18)/t8-,9+,10+,11+/m0/s1. The van der Waals surface area contributed by atoms with Crippen molar-refractivity contribution in [1.29, 1.82) is 0 Å². The maximum Gasteiger partial charge on any atom is 0.265 e. The highest BCUT2D eigenvalue weighted by atomic mass is 79.9. The molecular formula is C11H13BrF2N2O4. The van der Waals surface area contributed by atoms with Crippen LogP contribution in [-0.2, 0) is 9.53 Å². The number of hydrogen-bond acceptors (Lipinski definition) is 5. The van der Waals surface area contributed by atoms with E-state index in [1.54, 1.807) is 0 Å². The minimum Gasteiger partial charge on any atom is -0.390 e. The van der Waals surface area contributed by atoms with Crippen molar-refractivity contribution in [2.75, 3.05) is 6.61 Å². The summed E-state index contributed by atoms with van der Waals surface area (Å²) in [6, 6.07) is 0. The van der Waals surface area contributed by atoms with Gasteiger partial charge in [0.1, 0.15) is 12.4 Å². The lowest BCUT2D eigenvalue weighted by atomic mass is 9.96. The van der Waals surface area contributed by atoms with Crippen LogP contribution in [-0.4, -0.2) is 51.5 Å². The predicted octanol–water partition coefficient (Wildman–Crippen LogP) is 0.229. The maximum atomic E-state index is 14.6. The van der Waals surface area contributed by atoms with Gasteiger partial charge in [0.25, 0.3) is 11.8 Å². The molecule has 0 aromatic rings. The largest absolute Gasteiger partial charge is 0.390 e. The van der Waals surface area contributed by atoms with Crippen LogP contribution in [0.3, 0.4) is 0 Å². The number of carbonyl (C=O) groups is 1. The molecular weight excluding hydrogens is 342 g/mol. The molecule has 0 bridgehead atoms. The van der Waals surface area contributed by atoms with Crippen LogP contribution in [0.4, 0.5) is 8.78 Å². The molecule has 0 aromatic carbocycles. The summed E-state index contributed by atoms with van der Waals surface area (Å²) in [5, 5.41) is 20.9. The number of ether oxygens (including phenoxy) is 1. The fourth-order valence-corrected chi connectivity index (χ4v) is 2.42. The molecule has 3 N–H and O–H groups in total. The van der Waals surface area contributed by atoms with Gasteiger partial charge < -0.3 is 25.2 Å². The number of amides is 1. The highest BCUT2D eigenvalue weighted by Gasteiger charge is 2.65. The van der Waals surface area contributed by atoms with Crippen molar-refractivity contribution in [3.05, 3.63) is 23.1 Å². The molecule has 1 amide bonds. The van der Waals surface area contributed by atoms with Crippen LogP contribution in [0.1, 0.15) is 6.92 Å². The number of aliphatic hydroxyl groups excluding tert-OH is 2. The first kappa shape index (κ1) is 15.4. The average Bonchev–Trinajstić information content (AvgIpc) is 2.56. The first-order chi connectivity index (χ1) is 9.13. The monoisotopic (exact) mass is 354 g/mol. The maximum absolute atomic E-state index is 14.6. The molecule has 4 atom stereocenters. The first-order valence-corrected chi connectivity index (χ1v) is 6.43. The summed E-state index contributed by atoms with van der Waals surface area (Å²) in [6.45, 7) is 3.23. The molecule has 0 aliphatic carbocycles. The van der Waals surface area contributed by atoms with E-state index in [1.165, 1.54) is 6.20 Å². The van der Waals surface area contributed by atoms with Gasteiger partial charge in [-0.05, 0) is 22.9 Å². The molecule has 20 heavy (non-hydrogen) atoms. The van der Waals surface area contributed by atoms with Crippen molar-refractivity contribution >= 4 is 21.8 Å². The quantitative estimate of drug-likeness (QED) is 0.661. The summed E-state index contributed by atoms with van der Waals surface area (Å²) in [7, 11) is 0. The zero-order valence-corrected chi connectivity index (χ0v) is 12.0. The van der Waals surface area contributed by atoms with Crippen molar-refractivity contribution in [3.8, 4) is 0 Å². The second-order valence-electron chi connectivity index (χ2n) is 4.75. The number of nitrogens with zero attached hydrogens (tertiary/aromatic N) is 1. The van der Waals surface area contributed by atoms with Crippen LogP contribution in [0.25, 0.3) is 0 Å². The van der Waals surface area contributed by atoms with E-state index in [1.807, 2.05) is 0 Å². The van der Waals surface area contributed by atoms with Crippen LogP contribution in [0.5, 0.6) is 0 Å². The van der Waals surface area contributed by atoms with Gasteiger partial charge >= 0.3 is 0 Å². The number of hydrogen-bond donors (Lipinski definition) is 3. The Kier molecular flexibility index (Phi) is 3.66. The van der Waals surface area contributed by atoms with E-state index in [2.05, 4.69) is 27.8 Å². The topological polar surface area (TPSA) is 82.0 Å². The molecule has 0 unspecified atom stereocenters. The zero-order valence-electron chi connectivity index (χ0n) is 10.4. The second-order valence-corrected chi connectivity index (χ2v) is 5.61. The highest BCUT2D eigenvalue weighted by Crippen LogP contribution is 2.44. The van der Waals surface area contributed by atoms with Gasteiger partial charge in [0.2, 0.25) is 0 Å². The Morgan fingerprint density at radius 2 is 2.25 bits per heavy atom. The van der Waals surface area contributed by atoms with Gasteiger partial charge in [-0.15, -0.1) is 0 Å². The summed E-state index contributed by atoms with van der Waals surface area (Å²) < 4.78 is 33.5. The molecule has 0 spiro atoms. The van der Waals surface area contributed by atoms with Gasteiger partial charge in [0.15, 0.2) is 18.0 Å². The van der Waals surface area contributed by atoms with Crippen LogP contribution < -0.4 is 5.32 Å². The van der Waals surface area contributed by atoms with Gasteiger partial charge in [0, 0.05) is 6.20 Å². The third-order valence-electron chi connectivity index (χ3n) is 3.24. The Bertz CT molecular complexity index is 499. The summed E-state index contributed by atoms with van der Waals surface area (Å²) in [6.07, 6.45) is -2.63. The number of nitrogens with one attached hydrogen (secondary N) is 1. The minimum atomic E-state index is -2.93. The van der Waals surface area contributed by atoms with E-state index >= 15 is 0 Å². The van der Waals surface area contributed by atoms with E-state index in [0.29, 0.717) is 0 Å². The van der Waals surface area contributed by atoms with Crippen LogP contribution in [0.2, 0.25) is 0 Å². The molecule has 9 heteroatoms. The lowest BCUT2D eigenvalue weighted by Gasteiger charge is -2.36. The lowest BCUT2D eigenvalue weighted by Crippen LogP contribution is -2.52. The Hall–Kier alpha value is -1.03. The molecule has 2 rings (SSSR count). The van der Waals surface area contributed by atoms with E-state index in [-0.39, 0.29) is 10.3 Å². The average molecular weight is 355 g/mol. The van der Waals surface area contributed by atoms with Crippen molar-refractivity contribution in [2.45, 2.75) is 30.8 Å². The Labute approximate surface area is 121 Å². The van der Waals surface area contributed by atoms with Gasteiger partial charge in [-0.3, -0.25) is 4.79 Å². The van der Waals surface area contributed by atoms with E-state index in [4.69, 9.17) is 9.84 Å². The number of halogens is 3. The molecule has 1 saturated heterocycles. The molecule has 2 heterocycles. The van der Waals surface area contributed by atoms with Crippen LogP contribution in [0, 0.1) is 0 Å². The van der Waals surface area contributed by atoms with E-state index in [9.17, 15) is 18.7 Å². The molecule has 0 aromatic heterocycles.